The summed E-state index contributed by atoms with van der Waals surface area (Å²) in [7, 11) is 1.68. The molecular weight excluding hydrogens is 264 g/mol. The molecule has 2 atom stereocenters. The Balaban J connectivity index is 2.01. The lowest BCUT2D eigenvalue weighted by Gasteiger charge is -2.24. The van der Waals surface area contributed by atoms with Gasteiger partial charge in [-0.15, -0.1) is 0 Å². The van der Waals surface area contributed by atoms with Gasteiger partial charge >= 0.3 is 12.0 Å². The van der Waals surface area contributed by atoms with Gasteiger partial charge in [0.2, 0.25) is 0 Å². The smallest absolute Gasteiger partial charge is 0.331 e. The van der Waals surface area contributed by atoms with Crippen LogP contribution in [0, 0.1) is 0 Å². The summed E-state index contributed by atoms with van der Waals surface area (Å²) in [6, 6.07) is -1.66. The molecule has 8 heteroatoms. The molecule has 2 amide bonds. The SMILES string of the molecule is Cn1cc(C(NC(=O)NC2(C)CCOC2)C(=O)O)cn1. The van der Waals surface area contributed by atoms with Gasteiger partial charge in [0.05, 0.1) is 18.3 Å². The molecule has 0 radical (unpaired) electrons. The van der Waals surface area contributed by atoms with Crippen molar-refractivity contribution in [1.29, 1.82) is 0 Å². The van der Waals surface area contributed by atoms with Crippen molar-refractivity contribution in [3.05, 3.63) is 18.0 Å². The molecule has 0 aromatic carbocycles. The molecule has 20 heavy (non-hydrogen) atoms. The highest BCUT2D eigenvalue weighted by atomic mass is 16.5. The number of urea groups is 1. The van der Waals surface area contributed by atoms with Crippen molar-refractivity contribution in [3.63, 3.8) is 0 Å². The first-order chi connectivity index (χ1) is 9.39. The molecule has 2 unspecified atom stereocenters. The fraction of sp³-hybridized carbons (Fsp3) is 0.583. The number of nitrogens with one attached hydrogen (secondary N) is 2. The van der Waals surface area contributed by atoms with Crippen LogP contribution in [-0.2, 0) is 16.6 Å². The number of hydrogen-bond donors (Lipinski definition) is 3. The van der Waals surface area contributed by atoms with E-state index < -0.39 is 23.6 Å². The van der Waals surface area contributed by atoms with Crippen LogP contribution in [0.25, 0.3) is 0 Å². The van der Waals surface area contributed by atoms with Gasteiger partial charge in [0.25, 0.3) is 0 Å². The fourth-order valence-electron chi connectivity index (χ4n) is 2.08. The summed E-state index contributed by atoms with van der Waals surface area (Å²) in [6.07, 6.45) is 3.67. The number of ether oxygens (including phenoxy) is 1. The lowest BCUT2D eigenvalue weighted by atomic mass is 10.0. The highest BCUT2D eigenvalue weighted by Gasteiger charge is 2.33. The molecule has 0 bridgehead atoms. The number of aryl methyl sites for hydroxylation is 1. The van der Waals surface area contributed by atoms with Gasteiger partial charge in [0.15, 0.2) is 6.04 Å². The Morgan fingerprint density at radius 1 is 1.60 bits per heavy atom. The third-order valence-electron chi connectivity index (χ3n) is 3.21. The summed E-state index contributed by atoms with van der Waals surface area (Å²) in [6.45, 7) is 2.87. The zero-order valence-corrected chi connectivity index (χ0v) is 11.4. The highest BCUT2D eigenvalue weighted by Crippen LogP contribution is 2.18. The largest absolute Gasteiger partial charge is 0.479 e. The molecule has 3 N–H and O–H groups in total. The van der Waals surface area contributed by atoms with Gasteiger partial charge in [0.1, 0.15) is 0 Å². The van der Waals surface area contributed by atoms with Crippen LogP contribution >= 0.6 is 0 Å². The van der Waals surface area contributed by atoms with Crippen molar-refractivity contribution in [2.45, 2.75) is 24.9 Å². The molecule has 1 aromatic heterocycles. The number of aliphatic carboxylic acids is 1. The Morgan fingerprint density at radius 3 is 2.85 bits per heavy atom. The lowest BCUT2D eigenvalue weighted by Crippen LogP contribution is -2.52. The molecule has 1 fully saturated rings. The van der Waals surface area contributed by atoms with E-state index in [1.165, 1.54) is 10.9 Å². The van der Waals surface area contributed by atoms with Gasteiger partial charge < -0.3 is 20.5 Å². The Kier molecular flexibility index (Phi) is 3.93. The number of carboxylic acid groups (broad SMARTS) is 1. The van der Waals surface area contributed by atoms with Crippen molar-refractivity contribution < 1.29 is 19.4 Å². The van der Waals surface area contributed by atoms with E-state index in [0.29, 0.717) is 25.2 Å². The van der Waals surface area contributed by atoms with Crippen LogP contribution in [0.3, 0.4) is 0 Å². The second-order valence-corrected chi connectivity index (χ2v) is 5.18. The van der Waals surface area contributed by atoms with Gasteiger partial charge in [-0.3, -0.25) is 4.68 Å². The Morgan fingerprint density at radius 2 is 2.35 bits per heavy atom. The summed E-state index contributed by atoms with van der Waals surface area (Å²) < 4.78 is 6.71. The molecule has 1 aromatic rings. The van der Waals surface area contributed by atoms with Crippen LogP contribution in [-0.4, -0.2) is 45.6 Å². The molecule has 0 saturated carbocycles. The minimum absolute atomic E-state index is 0.419. The van der Waals surface area contributed by atoms with E-state index in [-0.39, 0.29) is 0 Å². The molecule has 110 valence electrons. The number of nitrogens with zero attached hydrogens (tertiary/aromatic N) is 2. The van der Waals surface area contributed by atoms with Gasteiger partial charge in [0, 0.05) is 25.4 Å². The molecule has 1 saturated heterocycles. The van der Waals surface area contributed by atoms with Crippen LogP contribution in [0.2, 0.25) is 0 Å². The van der Waals surface area contributed by atoms with Crippen LogP contribution in [0.15, 0.2) is 12.4 Å². The van der Waals surface area contributed by atoms with Crippen molar-refractivity contribution in [2.75, 3.05) is 13.2 Å². The normalized spacial score (nSPS) is 23.3. The predicted molar refractivity (Wildman–Crippen MR) is 69.1 cm³/mol. The minimum atomic E-state index is -1.14. The first-order valence-electron chi connectivity index (χ1n) is 6.27. The molecule has 1 aliphatic rings. The topological polar surface area (TPSA) is 105 Å². The van der Waals surface area contributed by atoms with E-state index in [4.69, 9.17) is 4.74 Å². The van der Waals surface area contributed by atoms with Crippen molar-refractivity contribution in [2.24, 2.45) is 7.05 Å². The number of carbonyl (C=O) groups is 2. The number of amides is 2. The Hall–Kier alpha value is -2.09. The summed E-state index contributed by atoms with van der Waals surface area (Å²) >= 11 is 0. The zero-order chi connectivity index (χ0) is 14.8. The van der Waals surface area contributed by atoms with E-state index in [1.807, 2.05) is 6.92 Å². The molecule has 0 spiro atoms. The van der Waals surface area contributed by atoms with E-state index in [9.17, 15) is 14.7 Å². The van der Waals surface area contributed by atoms with Gasteiger partial charge in [-0.1, -0.05) is 0 Å². The maximum atomic E-state index is 11.9. The zero-order valence-electron chi connectivity index (χ0n) is 11.4. The maximum Gasteiger partial charge on any atom is 0.331 e. The van der Waals surface area contributed by atoms with Crippen LogP contribution < -0.4 is 10.6 Å². The number of carbonyl (C=O) groups excluding carboxylic acids is 1. The number of rotatable bonds is 4. The fourth-order valence-corrected chi connectivity index (χ4v) is 2.08. The molecule has 8 nitrogen and oxygen atoms in total. The van der Waals surface area contributed by atoms with Gasteiger partial charge in [-0.25, -0.2) is 9.59 Å². The third kappa shape index (κ3) is 3.27. The number of carboxylic acids is 1. The summed E-state index contributed by atoms with van der Waals surface area (Å²) in [5.41, 5.74) is -0.0369. The summed E-state index contributed by atoms with van der Waals surface area (Å²) in [4.78, 5) is 23.2. The van der Waals surface area contributed by atoms with Crippen LogP contribution in [0.1, 0.15) is 24.9 Å². The Bertz CT molecular complexity index is 507. The van der Waals surface area contributed by atoms with Crippen LogP contribution in [0.4, 0.5) is 4.79 Å². The maximum absolute atomic E-state index is 11.9. The monoisotopic (exact) mass is 282 g/mol. The lowest BCUT2D eigenvalue weighted by molar-refractivity contribution is -0.139. The summed E-state index contributed by atoms with van der Waals surface area (Å²) in [5, 5.41) is 18.3. The van der Waals surface area contributed by atoms with E-state index in [1.54, 1.807) is 13.2 Å². The van der Waals surface area contributed by atoms with Gasteiger partial charge in [-0.05, 0) is 13.3 Å². The highest BCUT2D eigenvalue weighted by molar-refractivity contribution is 5.83. The quantitative estimate of drug-likeness (QED) is 0.722. The van der Waals surface area contributed by atoms with Gasteiger partial charge in [-0.2, -0.15) is 5.10 Å². The Labute approximate surface area is 116 Å². The van der Waals surface area contributed by atoms with Crippen molar-refractivity contribution in [3.8, 4) is 0 Å². The third-order valence-corrected chi connectivity index (χ3v) is 3.21. The average Bonchev–Trinajstić information content (AvgIpc) is 2.95. The molecule has 2 heterocycles. The van der Waals surface area contributed by atoms with Crippen molar-refractivity contribution >= 4 is 12.0 Å². The molecule has 2 rings (SSSR count). The number of aromatic nitrogens is 2. The standard InChI is InChI=1S/C12H18N4O4/c1-12(3-4-20-7-12)15-11(19)14-9(10(17)18)8-5-13-16(2)6-8/h5-6,9H,3-4,7H2,1-2H3,(H,17,18)(H2,14,15,19). The molecular formula is C12H18N4O4. The minimum Gasteiger partial charge on any atom is -0.479 e. The molecule has 1 aliphatic heterocycles. The van der Waals surface area contributed by atoms with E-state index >= 15 is 0 Å². The summed E-state index contributed by atoms with van der Waals surface area (Å²) in [5.74, 6) is -1.14. The predicted octanol–water partition coefficient (Wildman–Crippen LogP) is 0.0240. The first-order valence-corrected chi connectivity index (χ1v) is 6.27. The van der Waals surface area contributed by atoms with E-state index in [2.05, 4.69) is 15.7 Å². The molecule has 0 aliphatic carbocycles. The first kappa shape index (κ1) is 14.3. The average molecular weight is 282 g/mol. The second-order valence-electron chi connectivity index (χ2n) is 5.18. The van der Waals surface area contributed by atoms with Crippen molar-refractivity contribution in [1.82, 2.24) is 20.4 Å². The second kappa shape index (κ2) is 5.49. The van der Waals surface area contributed by atoms with Crippen LogP contribution in [0.5, 0.6) is 0 Å². The number of hydrogen-bond acceptors (Lipinski definition) is 4. The van der Waals surface area contributed by atoms with E-state index in [0.717, 1.165) is 0 Å².